The van der Waals surface area contributed by atoms with Gasteiger partial charge in [-0.3, -0.25) is 4.90 Å². The first-order valence-electron chi connectivity index (χ1n) is 22.5. The van der Waals surface area contributed by atoms with Crippen LogP contribution >= 0.6 is 0 Å². The summed E-state index contributed by atoms with van der Waals surface area (Å²) in [7, 11) is 0. The van der Waals surface area contributed by atoms with Gasteiger partial charge in [-0.1, -0.05) is 152 Å². The number of pyridine rings is 1. The lowest BCUT2D eigenvalue weighted by Gasteiger charge is -2.35. The highest BCUT2D eigenvalue weighted by atomic mass is 16.3. The zero-order chi connectivity index (χ0) is 43.5. The van der Waals surface area contributed by atoms with E-state index < -0.39 is 5.41 Å². The van der Waals surface area contributed by atoms with Crippen molar-refractivity contribution in [2.45, 2.75) is 12.3 Å². The molecule has 1 aliphatic carbocycles. The van der Waals surface area contributed by atoms with Gasteiger partial charge in [0.05, 0.1) is 27.5 Å². The Kier molecular flexibility index (Phi) is 7.75. The van der Waals surface area contributed by atoms with Crippen LogP contribution in [0.3, 0.4) is 0 Å². The van der Waals surface area contributed by atoms with Crippen LogP contribution in [0.1, 0.15) is 27.8 Å². The fourth-order valence-corrected chi connectivity index (χ4v) is 11.2. The molecule has 4 heterocycles. The van der Waals surface area contributed by atoms with Gasteiger partial charge in [-0.2, -0.15) is 0 Å². The second kappa shape index (κ2) is 13.9. The number of hydrogen-bond acceptors (Lipinski definition) is 4. The number of hydrogen-bond donors (Lipinski definition) is 0. The highest BCUT2D eigenvalue weighted by Gasteiger charge is 2.50. The van der Waals surface area contributed by atoms with E-state index in [0.29, 0.717) is 0 Å². The third-order valence-corrected chi connectivity index (χ3v) is 13.9. The molecule has 5 heteroatoms. The summed E-state index contributed by atoms with van der Waals surface area (Å²) in [6.45, 7) is 2.09. The van der Waals surface area contributed by atoms with Gasteiger partial charge in [-0.25, -0.2) is 4.98 Å². The lowest BCUT2D eigenvalue weighted by atomic mass is 9.67. The molecule has 0 bridgehead atoms. The predicted molar refractivity (Wildman–Crippen MR) is 270 cm³/mol. The molecule has 0 radical (unpaired) electrons. The molecule has 0 N–H and O–H groups in total. The van der Waals surface area contributed by atoms with Crippen LogP contribution < -0.4 is 4.90 Å². The third kappa shape index (κ3) is 5.02. The van der Waals surface area contributed by atoms with Crippen LogP contribution in [0.15, 0.2) is 227 Å². The van der Waals surface area contributed by atoms with Crippen molar-refractivity contribution in [1.82, 2.24) is 9.55 Å². The maximum atomic E-state index is 7.31. The molecule has 0 saturated heterocycles. The van der Waals surface area contributed by atoms with Crippen molar-refractivity contribution < 1.29 is 8.83 Å². The minimum atomic E-state index is -0.762. The normalized spacial score (nSPS) is 13.0. The molecule has 0 unspecified atom stereocenters. The maximum absolute atomic E-state index is 7.31. The van der Waals surface area contributed by atoms with Gasteiger partial charge < -0.3 is 13.4 Å². The summed E-state index contributed by atoms with van der Waals surface area (Å²) in [5.41, 5.74) is 15.7. The molecule has 0 saturated carbocycles. The lowest BCUT2D eigenvalue weighted by molar-refractivity contribution is 0.665. The van der Waals surface area contributed by atoms with E-state index in [1.54, 1.807) is 0 Å². The maximum Gasteiger partial charge on any atom is 0.145 e. The largest absolute Gasteiger partial charge is 0.455 e. The molecule has 4 aromatic heterocycles. The van der Waals surface area contributed by atoms with Crippen molar-refractivity contribution in [3.05, 3.63) is 246 Å². The average molecular weight is 846 g/mol. The van der Waals surface area contributed by atoms with Crippen LogP contribution in [0, 0.1) is 6.92 Å². The number of benzene rings is 9. The summed E-state index contributed by atoms with van der Waals surface area (Å²) < 4.78 is 16.7. The van der Waals surface area contributed by atoms with Crippen molar-refractivity contribution in [2.24, 2.45) is 0 Å². The van der Waals surface area contributed by atoms with Gasteiger partial charge in [0.15, 0.2) is 0 Å². The van der Waals surface area contributed by atoms with Gasteiger partial charge in [-0.05, 0) is 95.4 Å². The number of para-hydroxylation sites is 4. The molecule has 14 rings (SSSR count). The highest BCUT2D eigenvalue weighted by Crippen LogP contribution is 2.62. The topological polar surface area (TPSA) is 47.3 Å². The fraction of sp³-hybridized carbons (Fsp3) is 0.0328. The molecule has 5 nitrogen and oxygen atoms in total. The third-order valence-electron chi connectivity index (χ3n) is 13.9. The van der Waals surface area contributed by atoms with Gasteiger partial charge in [0.25, 0.3) is 0 Å². The Morgan fingerprint density at radius 1 is 0.470 bits per heavy atom. The van der Waals surface area contributed by atoms with E-state index in [-0.39, 0.29) is 0 Å². The zero-order valence-corrected chi connectivity index (χ0v) is 35.9. The second-order valence-corrected chi connectivity index (χ2v) is 17.5. The number of rotatable bonds is 6. The van der Waals surface area contributed by atoms with E-state index in [4.69, 9.17) is 13.8 Å². The summed E-state index contributed by atoms with van der Waals surface area (Å²) in [6.07, 6.45) is 1.96. The number of anilines is 3. The standard InChI is InChI=1S/C61H39N3O2/c1-38-29-34-55(62-37-38)64(42-30-33-51-47(35-42)43-23-11-14-26-50(43)63(51)41-21-9-4-10-22-41)52-36-49-58(60-56(52)46-25-13-16-28-54(46)66-60)57-48(32-31-45-44-24-12-15-27-53(44)65-59(45)57)61(49,39-17-5-2-6-18-39)40-19-7-3-8-20-40/h2-37H,1H3. The van der Waals surface area contributed by atoms with E-state index in [9.17, 15) is 0 Å². The summed E-state index contributed by atoms with van der Waals surface area (Å²) in [4.78, 5) is 7.57. The minimum Gasteiger partial charge on any atom is -0.455 e. The van der Waals surface area contributed by atoms with Crippen LogP contribution in [0.5, 0.6) is 0 Å². The minimum absolute atomic E-state index is 0.762. The predicted octanol–water partition coefficient (Wildman–Crippen LogP) is 16.1. The number of furan rings is 2. The summed E-state index contributed by atoms with van der Waals surface area (Å²) in [5, 5.41) is 6.54. The van der Waals surface area contributed by atoms with Gasteiger partial charge >= 0.3 is 0 Å². The highest BCUT2D eigenvalue weighted by molar-refractivity contribution is 6.23. The summed E-state index contributed by atoms with van der Waals surface area (Å²) >= 11 is 0. The fourth-order valence-electron chi connectivity index (χ4n) is 11.2. The van der Waals surface area contributed by atoms with Crippen molar-refractivity contribution in [3.8, 4) is 16.8 Å². The average Bonchev–Trinajstić information content (AvgIpc) is 4.12. The van der Waals surface area contributed by atoms with Crippen LogP contribution in [-0.2, 0) is 5.41 Å². The Labute approximate surface area is 380 Å². The van der Waals surface area contributed by atoms with Crippen LogP contribution in [0.25, 0.3) is 82.5 Å². The molecular weight excluding hydrogens is 807 g/mol. The summed E-state index contributed by atoms with van der Waals surface area (Å²) in [6, 6.07) is 76.2. The number of fused-ring (bicyclic) bond motifs is 14. The van der Waals surface area contributed by atoms with Crippen molar-refractivity contribution in [1.29, 1.82) is 0 Å². The van der Waals surface area contributed by atoms with Crippen molar-refractivity contribution >= 4 is 82.9 Å². The summed E-state index contributed by atoms with van der Waals surface area (Å²) in [5.74, 6) is 0.804. The molecule has 0 spiro atoms. The molecule has 9 aromatic carbocycles. The first-order valence-corrected chi connectivity index (χ1v) is 22.5. The van der Waals surface area contributed by atoms with E-state index in [1.807, 2.05) is 12.3 Å². The van der Waals surface area contributed by atoms with Crippen molar-refractivity contribution in [2.75, 3.05) is 4.90 Å². The number of nitrogens with zero attached hydrogens (tertiary/aromatic N) is 3. The van der Waals surface area contributed by atoms with E-state index in [0.717, 1.165) is 122 Å². The van der Waals surface area contributed by atoms with E-state index in [2.05, 4.69) is 223 Å². The van der Waals surface area contributed by atoms with E-state index in [1.165, 1.54) is 5.39 Å². The van der Waals surface area contributed by atoms with Crippen LogP contribution in [0.2, 0.25) is 0 Å². The molecule has 0 amide bonds. The smallest absolute Gasteiger partial charge is 0.145 e. The SMILES string of the molecule is Cc1ccc(N(c2ccc3c(c2)c2ccccc2n3-c2ccccc2)c2cc3c(c4oc5ccccc5c24)-c2c(ccc4c2oc2ccccc24)C3(c2ccccc2)c2ccccc2)nc1. The Bertz CT molecular complexity index is 4010. The zero-order valence-electron chi connectivity index (χ0n) is 35.9. The quantitative estimate of drug-likeness (QED) is 0.167. The Balaban J connectivity index is 1.16. The van der Waals surface area contributed by atoms with Gasteiger partial charge in [0.2, 0.25) is 0 Å². The molecule has 1 aliphatic rings. The first-order chi connectivity index (χ1) is 32.7. The molecule has 13 aromatic rings. The van der Waals surface area contributed by atoms with E-state index >= 15 is 0 Å². The first kappa shape index (κ1) is 36.8. The number of aryl methyl sites for hydroxylation is 1. The Morgan fingerprint density at radius 2 is 1.08 bits per heavy atom. The van der Waals surface area contributed by atoms with Gasteiger partial charge in [-0.15, -0.1) is 0 Å². The molecule has 0 atom stereocenters. The molecule has 310 valence electrons. The molecular formula is C61H39N3O2. The second-order valence-electron chi connectivity index (χ2n) is 17.5. The van der Waals surface area contributed by atoms with Crippen LogP contribution in [0.4, 0.5) is 17.2 Å². The molecule has 0 aliphatic heterocycles. The number of aromatic nitrogens is 2. The lowest BCUT2D eigenvalue weighted by Crippen LogP contribution is -2.28. The Morgan fingerprint density at radius 3 is 1.80 bits per heavy atom. The van der Waals surface area contributed by atoms with Crippen molar-refractivity contribution in [3.63, 3.8) is 0 Å². The monoisotopic (exact) mass is 845 g/mol. The molecule has 66 heavy (non-hydrogen) atoms. The molecule has 0 fully saturated rings. The van der Waals surface area contributed by atoms with Gasteiger partial charge in [0, 0.05) is 55.6 Å². The van der Waals surface area contributed by atoms with Gasteiger partial charge in [0.1, 0.15) is 28.1 Å². The van der Waals surface area contributed by atoms with Crippen LogP contribution in [-0.4, -0.2) is 9.55 Å². The Hall–Kier alpha value is -8.67.